The van der Waals surface area contributed by atoms with Crippen molar-refractivity contribution in [3.63, 3.8) is 0 Å². The molecule has 2 aromatic rings. The molecule has 1 aliphatic carbocycles. The average molecular weight is 274 g/mol. The van der Waals surface area contributed by atoms with Crippen LogP contribution in [0.5, 0.6) is 0 Å². The first kappa shape index (κ1) is 12.6. The van der Waals surface area contributed by atoms with Gasteiger partial charge in [-0.2, -0.15) is 0 Å². The predicted molar refractivity (Wildman–Crippen MR) is 79.7 cm³/mol. The minimum atomic E-state index is 0.432. The summed E-state index contributed by atoms with van der Waals surface area (Å²) in [4.78, 5) is 4.53. The number of aromatic nitrogens is 1. The van der Waals surface area contributed by atoms with Crippen molar-refractivity contribution < 1.29 is 4.74 Å². The quantitative estimate of drug-likeness (QED) is 0.923. The van der Waals surface area contributed by atoms with E-state index in [4.69, 9.17) is 4.74 Å². The van der Waals surface area contributed by atoms with Crippen molar-refractivity contribution in [2.45, 2.75) is 31.9 Å². The maximum Gasteiger partial charge on any atom is 0.0901 e. The highest BCUT2D eigenvalue weighted by Gasteiger charge is 2.28. The van der Waals surface area contributed by atoms with Gasteiger partial charge in [0.1, 0.15) is 0 Å². The fourth-order valence-corrected chi connectivity index (χ4v) is 3.00. The van der Waals surface area contributed by atoms with E-state index in [0.717, 1.165) is 23.5 Å². The molecule has 0 aliphatic heterocycles. The van der Waals surface area contributed by atoms with E-state index in [1.165, 1.54) is 11.3 Å². The first-order chi connectivity index (χ1) is 9.24. The van der Waals surface area contributed by atoms with E-state index < -0.39 is 0 Å². The second-order valence-electron chi connectivity index (χ2n) is 5.00. The Hall–Kier alpha value is -1.39. The molecule has 3 rings (SSSR count). The van der Waals surface area contributed by atoms with Crippen LogP contribution in [0.3, 0.4) is 0 Å². The number of nitrogens with zero attached hydrogens (tertiary/aromatic N) is 1. The van der Waals surface area contributed by atoms with E-state index in [-0.39, 0.29) is 0 Å². The zero-order chi connectivity index (χ0) is 13.2. The molecule has 1 saturated carbocycles. The lowest BCUT2D eigenvalue weighted by molar-refractivity contribution is 0.0329. The zero-order valence-electron chi connectivity index (χ0n) is 11.2. The zero-order valence-corrected chi connectivity index (χ0v) is 12.0. The Labute approximate surface area is 117 Å². The summed E-state index contributed by atoms with van der Waals surface area (Å²) in [6.07, 6.45) is 2.62. The van der Waals surface area contributed by atoms with Gasteiger partial charge in [-0.3, -0.25) is 0 Å². The van der Waals surface area contributed by atoms with Gasteiger partial charge < -0.3 is 10.1 Å². The molecule has 0 bridgehead atoms. The summed E-state index contributed by atoms with van der Waals surface area (Å²) in [5, 5.41) is 6.77. The number of ether oxygens (including phenoxy) is 1. The van der Waals surface area contributed by atoms with Crippen molar-refractivity contribution in [2.24, 2.45) is 0 Å². The van der Waals surface area contributed by atoms with E-state index in [2.05, 4.69) is 39.9 Å². The molecule has 0 atom stereocenters. The molecular formula is C15H18N2OS. The van der Waals surface area contributed by atoms with E-state index in [1.54, 1.807) is 18.4 Å². The summed E-state index contributed by atoms with van der Waals surface area (Å²) in [6.45, 7) is 2.04. The Kier molecular flexibility index (Phi) is 3.53. The van der Waals surface area contributed by atoms with Gasteiger partial charge in [0, 0.05) is 29.8 Å². The van der Waals surface area contributed by atoms with Crippen molar-refractivity contribution in [1.82, 2.24) is 4.98 Å². The van der Waals surface area contributed by atoms with Crippen molar-refractivity contribution >= 4 is 17.0 Å². The lowest BCUT2D eigenvalue weighted by Crippen LogP contribution is -2.40. The third-order valence-electron chi connectivity index (χ3n) is 3.58. The summed E-state index contributed by atoms with van der Waals surface area (Å²) in [7, 11) is 1.78. The lowest BCUT2D eigenvalue weighted by Gasteiger charge is -2.35. The minimum absolute atomic E-state index is 0.432. The van der Waals surface area contributed by atoms with Crippen LogP contribution in [0.15, 0.2) is 29.6 Å². The van der Waals surface area contributed by atoms with Crippen LogP contribution in [0.4, 0.5) is 5.69 Å². The fourth-order valence-electron chi connectivity index (χ4n) is 2.38. The van der Waals surface area contributed by atoms with Gasteiger partial charge in [-0.05, 0) is 31.9 Å². The number of benzene rings is 1. The normalized spacial score (nSPS) is 22.0. The van der Waals surface area contributed by atoms with Crippen LogP contribution in [0.25, 0.3) is 11.3 Å². The third kappa shape index (κ3) is 2.80. The van der Waals surface area contributed by atoms with Crippen LogP contribution >= 0.6 is 11.3 Å². The Bertz CT molecular complexity index is 561. The van der Waals surface area contributed by atoms with Crippen LogP contribution in [0.2, 0.25) is 0 Å². The largest absolute Gasteiger partial charge is 0.382 e. The van der Waals surface area contributed by atoms with Gasteiger partial charge in [0.2, 0.25) is 0 Å². The number of hydrogen-bond acceptors (Lipinski definition) is 4. The molecular weight excluding hydrogens is 256 g/mol. The average Bonchev–Trinajstić information content (AvgIpc) is 2.80. The van der Waals surface area contributed by atoms with Crippen LogP contribution in [0.1, 0.15) is 17.8 Å². The number of nitrogens with one attached hydrogen (secondary N) is 1. The fraction of sp³-hybridized carbons (Fsp3) is 0.400. The third-order valence-corrected chi connectivity index (χ3v) is 4.35. The second-order valence-corrected chi connectivity index (χ2v) is 6.07. The molecule has 1 aromatic heterocycles. The first-order valence-corrected chi connectivity index (χ1v) is 7.44. The maximum atomic E-state index is 5.30. The number of methoxy groups -OCH3 is 1. The molecule has 19 heavy (non-hydrogen) atoms. The lowest BCUT2D eigenvalue weighted by atomic mass is 9.89. The molecule has 3 nitrogen and oxygen atoms in total. The van der Waals surface area contributed by atoms with Crippen molar-refractivity contribution in [3.05, 3.63) is 34.7 Å². The Balaban J connectivity index is 1.70. The van der Waals surface area contributed by atoms with E-state index in [9.17, 15) is 0 Å². The van der Waals surface area contributed by atoms with E-state index in [0.29, 0.717) is 12.1 Å². The highest BCUT2D eigenvalue weighted by atomic mass is 32.1. The molecule has 0 spiro atoms. The van der Waals surface area contributed by atoms with E-state index in [1.807, 2.05) is 6.92 Å². The van der Waals surface area contributed by atoms with Gasteiger partial charge in [0.25, 0.3) is 0 Å². The molecule has 1 N–H and O–H groups in total. The Morgan fingerprint density at radius 2 is 2.21 bits per heavy atom. The van der Waals surface area contributed by atoms with E-state index >= 15 is 0 Å². The predicted octanol–water partition coefficient (Wildman–Crippen LogP) is 3.71. The highest BCUT2D eigenvalue weighted by molar-refractivity contribution is 7.09. The van der Waals surface area contributed by atoms with Crippen molar-refractivity contribution in [3.8, 4) is 11.3 Å². The standard InChI is InChI=1S/C15H18N2OS/c1-10-16-15(9-19-10)11-4-3-5-12(6-11)17-13-7-14(8-13)18-2/h3-6,9,13-14,17H,7-8H2,1-2H3. The molecule has 1 aromatic carbocycles. The topological polar surface area (TPSA) is 34.1 Å². The molecule has 1 fully saturated rings. The van der Waals surface area contributed by atoms with Gasteiger partial charge in [-0.1, -0.05) is 12.1 Å². The first-order valence-electron chi connectivity index (χ1n) is 6.56. The van der Waals surface area contributed by atoms with Crippen LogP contribution in [-0.4, -0.2) is 24.2 Å². The molecule has 0 saturated heterocycles. The molecule has 0 amide bonds. The summed E-state index contributed by atoms with van der Waals surface area (Å²) >= 11 is 1.69. The van der Waals surface area contributed by atoms with Gasteiger partial charge in [0.05, 0.1) is 16.8 Å². The van der Waals surface area contributed by atoms with Gasteiger partial charge in [-0.15, -0.1) is 11.3 Å². The molecule has 4 heteroatoms. The van der Waals surface area contributed by atoms with Crippen LogP contribution in [-0.2, 0) is 4.74 Å². The monoisotopic (exact) mass is 274 g/mol. The minimum Gasteiger partial charge on any atom is -0.382 e. The maximum absolute atomic E-state index is 5.30. The number of aryl methyl sites for hydroxylation is 1. The smallest absolute Gasteiger partial charge is 0.0901 e. The van der Waals surface area contributed by atoms with Crippen LogP contribution in [0, 0.1) is 6.92 Å². The summed E-state index contributed by atoms with van der Waals surface area (Å²) in [5.74, 6) is 0. The Morgan fingerprint density at radius 1 is 1.37 bits per heavy atom. The molecule has 0 radical (unpaired) electrons. The number of thiazole rings is 1. The second kappa shape index (κ2) is 5.31. The SMILES string of the molecule is COC1CC(Nc2cccc(-c3csc(C)n3)c2)C1. The van der Waals surface area contributed by atoms with Gasteiger partial charge in [-0.25, -0.2) is 4.98 Å². The van der Waals surface area contributed by atoms with Gasteiger partial charge >= 0.3 is 0 Å². The van der Waals surface area contributed by atoms with Crippen molar-refractivity contribution in [1.29, 1.82) is 0 Å². The van der Waals surface area contributed by atoms with Gasteiger partial charge in [0.15, 0.2) is 0 Å². The van der Waals surface area contributed by atoms with Crippen LogP contribution < -0.4 is 5.32 Å². The van der Waals surface area contributed by atoms with Crippen molar-refractivity contribution in [2.75, 3.05) is 12.4 Å². The summed E-state index contributed by atoms with van der Waals surface area (Å²) in [6, 6.07) is 9.02. The molecule has 100 valence electrons. The number of rotatable bonds is 4. The Morgan fingerprint density at radius 3 is 2.89 bits per heavy atom. The highest BCUT2D eigenvalue weighted by Crippen LogP contribution is 2.28. The number of hydrogen-bond donors (Lipinski definition) is 1. The summed E-state index contributed by atoms with van der Waals surface area (Å²) in [5.41, 5.74) is 3.41. The molecule has 0 unspecified atom stereocenters. The summed E-state index contributed by atoms with van der Waals surface area (Å²) < 4.78 is 5.30. The number of anilines is 1. The molecule has 1 heterocycles. The molecule has 1 aliphatic rings.